The molecule has 2 aromatic rings. The van der Waals surface area contributed by atoms with Gasteiger partial charge in [-0.1, -0.05) is 0 Å². The number of carbonyl (C=O) groups is 1. The number of pyridine rings is 1. The molecule has 24 heavy (non-hydrogen) atoms. The lowest BCUT2D eigenvalue weighted by molar-refractivity contribution is 0.0913. The SMILES string of the molecule is O=C(NCC1CCCN(S(=O)(=O)c2cccnc2)C1)c1ccco1. The van der Waals surface area contributed by atoms with Gasteiger partial charge in [-0.2, -0.15) is 4.31 Å². The van der Waals surface area contributed by atoms with E-state index in [-0.39, 0.29) is 22.5 Å². The summed E-state index contributed by atoms with van der Waals surface area (Å²) >= 11 is 0. The molecule has 1 atom stereocenters. The zero-order chi connectivity index (χ0) is 17.0. The van der Waals surface area contributed by atoms with Gasteiger partial charge in [-0.05, 0) is 43.0 Å². The van der Waals surface area contributed by atoms with E-state index in [1.807, 2.05) is 0 Å². The number of nitrogens with zero attached hydrogens (tertiary/aromatic N) is 2. The maximum atomic E-state index is 12.6. The van der Waals surface area contributed by atoms with Gasteiger partial charge in [0.1, 0.15) is 4.90 Å². The molecule has 3 heterocycles. The van der Waals surface area contributed by atoms with Crippen LogP contribution >= 0.6 is 0 Å². The average Bonchev–Trinajstić information content (AvgIpc) is 3.15. The Labute approximate surface area is 140 Å². The van der Waals surface area contributed by atoms with Crippen LogP contribution in [0.15, 0.2) is 52.2 Å². The molecule has 7 nitrogen and oxygen atoms in total. The van der Waals surface area contributed by atoms with Gasteiger partial charge in [0.15, 0.2) is 5.76 Å². The number of carbonyl (C=O) groups excluding carboxylic acids is 1. The zero-order valence-corrected chi connectivity index (χ0v) is 13.9. The molecule has 0 spiro atoms. The largest absolute Gasteiger partial charge is 0.459 e. The van der Waals surface area contributed by atoms with Crippen molar-refractivity contribution in [2.45, 2.75) is 17.7 Å². The first-order valence-corrected chi connectivity index (χ1v) is 9.23. The number of hydrogen-bond acceptors (Lipinski definition) is 5. The molecule has 0 saturated carbocycles. The topological polar surface area (TPSA) is 92.5 Å². The molecule has 1 unspecified atom stereocenters. The van der Waals surface area contributed by atoms with Crippen molar-refractivity contribution < 1.29 is 17.6 Å². The molecule has 128 valence electrons. The second-order valence-electron chi connectivity index (χ2n) is 5.75. The fourth-order valence-electron chi connectivity index (χ4n) is 2.79. The van der Waals surface area contributed by atoms with E-state index in [0.717, 1.165) is 12.8 Å². The number of hydrogen-bond donors (Lipinski definition) is 1. The quantitative estimate of drug-likeness (QED) is 0.883. The predicted octanol–water partition coefficient (Wildman–Crippen LogP) is 1.51. The first-order chi connectivity index (χ1) is 11.6. The van der Waals surface area contributed by atoms with E-state index in [1.54, 1.807) is 30.5 Å². The van der Waals surface area contributed by atoms with E-state index in [0.29, 0.717) is 19.6 Å². The van der Waals surface area contributed by atoms with Gasteiger partial charge in [0, 0.05) is 32.0 Å². The maximum absolute atomic E-state index is 12.6. The molecule has 3 rings (SSSR count). The Balaban J connectivity index is 1.61. The monoisotopic (exact) mass is 349 g/mol. The van der Waals surface area contributed by atoms with Crippen LogP contribution < -0.4 is 5.32 Å². The van der Waals surface area contributed by atoms with Crippen molar-refractivity contribution in [2.75, 3.05) is 19.6 Å². The molecule has 1 amide bonds. The molecule has 8 heteroatoms. The van der Waals surface area contributed by atoms with Gasteiger partial charge >= 0.3 is 0 Å². The fraction of sp³-hybridized carbons (Fsp3) is 0.375. The first-order valence-electron chi connectivity index (χ1n) is 7.79. The Morgan fingerprint density at radius 3 is 2.96 bits per heavy atom. The molecular formula is C16H19N3O4S. The Kier molecular flexibility index (Phi) is 4.96. The summed E-state index contributed by atoms with van der Waals surface area (Å²) in [6.07, 6.45) is 5.98. The van der Waals surface area contributed by atoms with Crippen molar-refractivity contribution in [2.24, 2.45) is 5.92 Å². The third kappa shape index (κ3) is 3.65. The number of amides is 1. The highest BCUT2D eigenvalue weighted by Gasteiger charge is 2.30. The molecule has 1 aliphatic rings. The van der Waals surface area contributed by atoms with E-state index >= 15 is 0 Å². The number of rotatable bonds is 5. The van der Waals surface area contributed by atoms with Crippen molar-refractivity contribution in [1.82, 2.24) is 14.6 Å². The number of piperidine rings is 1. The average molecular weight is 349 g/mol. The fourth-order valence-corrected chi connectivity index (χ4v) is 4.31. The van der Waals surface area contributed by atoms with Crippen molar-refractivity contribution in [1.29, 1.82) is 0 Å². The van der Waals surface area contributed by atoms with Gasteiger partial charge in [0.05, 0.1) is 6.26 Å². The number of sulfonamides is 1. The normalized spacial score (nSPS) is 19.1. The lowest BCUT2D eigenvalue weighted by Crippen LogP contribution is -2.43. The second kappa shape index (κ2) is 7.14. The molecule has 0 bridgehead atoms. The van der Waals surface area contributed by atoms with E-state index in [9.17, 15) is 13.2 Å². The summed E-state index contributed by atoms with van der Waals surface area (Å²) in [4.78, 5) is 16.0. The number of aromatic nitrogens is 1. The van der Waals surface area contributed by atoms with Crippen LogP contribution in [-0.2, 0) is 10.0 Å². The van der Waals surface area contributed by atoms with Crippen LogP contribution in [-0.4, -0.2) is 43.2 Å². The molecular weight excluding hydrogens is 330 g/mol. The van der Waals surface area contributed by atoms with Crippen molar-refractivity contribution in [3.05, 3.63) is 48.7 Å². The number of nitrogens with one attached hydrogen (secondary N) is 1. The van der Waals surface area contributed by atoms with Crippen molar-refractivity contribution in [3.63, 3.8) is 0 Å². The van der Waals surface area contributed by atoms with Crippen LogP contribution in [0.1, 0.15) is 23.4 Å². The highest BCUT2D eigenvalue weighted by Crippen LogP contribution is 2.23. The van der Waals surface area contributed by atoms with Crippen LogP contribution in [0.3, 0.4) is 0 Å². The Morgan fingerprint density at radius 2 is 2.25 bits per heavy atom. The summed E-state index contributed by atoms with van der Waals surface area (Å²) in [5, 5.41) is 2.80. The molecule has 0 radical (unpaired) electrons. The maximum Gasteiger partial charge on any atom is 0.286 e. The third-order valence-electron chi connectivity index (χ3n) is 4.05. The molecule has 0 aliphatic carbocycles. The predicted molar refractivity (Wildman–Crippen MR) is 86.8 cm³/mol. The standard InChI is InChI=1S/C16H19N3O4S/c20-16(15-6-3-9-23-15)18-10-13-4-2-8-19(12-13)24(21,22)14-5-1-7-17-11-14/h1,3,5-7,9,11,13H,2,4,8,10,12H2,(H,18,20). The summed E-state index contributed by atoms with van der Waals surface area (Å²) in [6.45, 7) is 1.29. The number of furan rings is 1. The highest BCUT2D eigenvalue weighted by atomic mass is 32.2. The zero-order valence-electron chi connectivity index (χ0n) is 13.1. The summed E-state index contributed by atoms with van der Waals surface area (Å²) in [5.74, 6) is 0.0435. The van der Waals surface area contributed by atoms with Gasteiger partial charge < -0.3 is 9.73 Å². The van der Waals surface area contributed by atoms with Crippen LogP contribution in [0.5, 0.6) is 0 Å². The summed E-state index contributed by atoms with van der Waals surface area (Å²) in [6, 6.07) is 6.40. The molecule has 1 aliphatic heterocycles. The summed E-state index contributed by atoms with van der Waals surface area (Å²) in [5.41, 5.74) is 0. The lowest BCUT2D eigenvalue weighted by atomic mass is 10.00. The molecule has 2 aromatic heterocycles. The summed E-state index contributed by atoms with van der Waals surface area (Å²) < 4.78 is 31.8. The van der Waals surface area contributed by atoms with Gasteiger partial charge in [-0.15, -0.1) is 0 Å². The van der Waals surface area contributed by atoms with Crippen LogP contribution in [0.25, 0.3) is 0 Å². The van der Waals surface area contributed by atoms with Crippen molar-refractivity contribution >= 4 is 15.9 Å². The smallest absolute Gasteiger partial charge is 0.286 e. The van der Waals surface area contributed by atoms with Gasteiger partial charge in [-0.25, -0.2) is 8.42 Å². The molecule has 0 aromatic carbocycles. The lowest BCUT2D eigenvalue weighted by Gasteiger charge is -2.31. The molecule has 1 saturated heterocycles. The van der Waals surface area contributed by atoms with Crippen LogP contribution in [0.4, 0.5) is 0 Å². The molecule has 1 N–H and O–H groups in total. The molecule has 1 fully saturated rings. The van der Waals surface area contributed by atoms with E-state index in [1.165, 1.54) is 16.8 Å². The Hall–Kier alpha value is -2.19. The minimum Gasteiger partial charge on any atom is -0.459 e. The van der Waals surface area contributed by atoms with Crippen LogP contribution in [0.2, 0.25) is 0 Å². The summed E-state index contributed by atoms with van der Waals surface area (Å²) in [7, 11) is -3.54. The Bertz CT molecular complexity index is 775. The minimum atomic E-state index is -3.54. The van der Waals surface area contributed by atoms with Gasteiger partial charge in [0.2, 0.25) is 10.0 Å². The first kappa shape index (κ1) is 16.7. The van der Waals surface area contributed by atoms with Gasteiger partial charge in [-0.3, -0.25) is 9.78 Å². The van der Waals surface area contributed by atoms with E-state index < -0.39 is 10.0 Å². The third-order valence-corrected chi connectivity index (χ3v) is 5.90. The second-order valence-corrected chi connectivity index (χ2v) is 7.69. The minimum absolute atomic E-state index is 0.0732. The van der Waals surface area contributed by atoms with E-state index in [4.69, 9.17) is 4.42 Å². The highest BCUT2D eigenvalue weighted by molar-refractivity contribution is 7.89. The van der Waals surface area contributed by atoms with Crippen LogP contribution in [0, 0.1) is 5.92 Å². The van der Waals surface area contributed by atoms with Crippen molar-refractivity contribution in [3.8, 4) is 0 Å². The Morgan fingerprint density at radius 1 is 1.38 bits per heavy atom. The van der Waals surface area contributed by atoms with E-state index in [2.05, 4.69) is 10.3 Å². The van der Waals surface area contributed by atoms with Gasteiger partial charge in [0.25, 0.3) is 5.91 Å².